The van der Waals surface area contributed by atoms with Crippen molar-refractivity contribution in [3.8, 4) is 0 Å². The monoisotopic (exact) mass is 258 g/mol. The molecule has 0 fully saturated rings. The van der Waals surface area contributed by atoms with Crippen molar-refractivity contribution in [2.75, 3.05) is 18.6 Å². The molecule has 0 heterocycles. The number of amides is 1. The molecule has 0 saturated heterocycles. The van der Waals surface area contributed by atoms with Crippen LogP contribution in [0.2, 0.25) is 0 Å². The molecular formula is C11H18N2O3S. The fourth-order valence-corrected chi connectivity index (χ4v) is 2.44. The van der Waals surface area contributed by atoms with E-state index in [1.165, 1.54) is 11.8 Å². The molecule has 1 aliphatic carbocycles. The molecule has 6 heteroatoms. The van der Waals surface area contributed by atoms with Gasteiger partial charge in [0.05, 0.1) is 5.75 Å². The molecule has 0 aromatic carbocycles. The van der Waals surface area contributed by atoms with Crippen LogP contribution in [-0.4, -0.2) is 46.5 Å². The van der Waals surface area contributed by atoms with E-state index in [9.17, 15) is 9.59 Å². The first-order chi connectivity index (χ1) is 8.02. The zero-order valence-corrected chi connectivity index (χ0v) is 10.7. The lowest BCUT2D eigenvalue weighted by Crippen LogP contribution is -2.33. The number of hydrogen-bond acceptors (Lipinski definition) is 4. The molecular weight excluding hydrogens is 240 g/mol. The second-order valence-corrected chi connectivity index (χ2v) is 5.03. The summed E-state index contributed by atoms with van der Waals surface area (Å²) in [5.41, 5.74) is 6.41. The van der Waals surface area contributed by atoms with Gasteiger partial charge < -0.3 is 15.7 Å². The van der Waals surface area contributed by atoms with Crippen molar-refractivity contribution in [2.45, 2.75) is 25.3 Å². The zero-order chi connectivity index (χ0) is 12.8. The fraction of sp³-hybridized carbons (Fsp3) is 0.636. The molecule has 3 N–H and O–H groups in total. The Kier molecular flexibility index (Phi) is 5.50. The molecule has 0 aliphatic heterocycles. The molecule has 0 radical (unpaired) electrons. The lowest BCUT2D eigenvalue weighted by atomic mass is 10.3. The van der Waals surface area contributed by atoms with E-state index in [-0.39, 0.29) is 17.4 Å². The highest BCUT2D eigenvalue weighted by molar-refractivity contribution is 8.00. The van der Waals surface area contributed by atoms with E-state index in [1.807, 2.05) is 0 Å². The Morgan fingerprint density at radius 1 is 1.65 bits per heavy atom. The molecule has 0 bridgehead atoms. The minimum absolute atomic E-state index is 0.000684. The van der Waals surface area contributed by atoms with Crippen LogP contribution in [0.3, 0.4) is 0 Å². The summed E-state index contributed by atoms with van der Waals surface area (Å²) in [6, 6.07) is -0.899. The summed E-state index contributed by atoms with van der Waals surface area (Å²) in [4.78, 5) is 23.9. The van der Waals surface area contributed by atoms with E-state index < -0.39 is 12.0 Å². The predicted octanol–water partition coefficient (Wildman–Crippen LogP) is 0.658. The first-order valence-electron chi connectivity index (χ1n) is 5.54. The molecule has 1 atom stereocenters. The maximum Gasteiger partial charge on any atom is 0.321 e. The van der Waals surface area contributed by atoms with Crippen LogP contribution in [0.5, 0.6) is 0 Å². The first kappa shape index (κ1) is 14.1. The number of carbonyl (C=O) groups is 2. The van der Waals surface area contributed by atoms with Gasteiger partial charge in [-0.3, -0.25) is 9.59 Å². The normalized spacial score (nSPS) is 16.5. The number of allylic oxidation sites excluding steroid dienone is 2. The van der Waals surface area contributed by atoms with Crippen LogP contribution in [0.4, 0.5) is 0 Å². The molecule has 1 rings (SSSR count). The maximum absolute atomic E-state index is 11.8. The summed E-state index contributed by atoms with van der Waals surface area (Å²) in [5.74, 6) is -0.500. The number of hydrogen-bond donors (Lipinski definition) is 2. The third-order valence-electron chi connectivity index (χ3n) is 2.66. The topological polar surface area (TPSA) is 83.6 Å². The zero-order valence-electron chi connectivity index (χ0n) is 9.89. The number of rotatable bonds is 6. The Morgan fingerprint density at radius 3 is 2.88 bits per heavy atom. The van der Waals surface area contributed by atoms with E-state index in [0.717, 1.165) is 25.0 Å². The van der Waals surface area contributed by atoms with E-state index in [2.05, 4.69) is 6.08 Å². The lowest BCUT2D eigenvalue weighted by molar-refractivity contribution is -0.138. The summed E-state index contributed by atoms with van der Waals surface area (Å²) < 4.78 is 0. The quantitative estimate of drug-likeness (QED) is 0.731. The van der Waals surface area contributed by atoms with Gasteiger partial charge in [0.2, 0.25) is 5.91 Å². The predicted molar refractivity (Wildman–Crippen MR) is 67.6 cm³/mol. The molecule has 17 heavy (non-hydrogen) atoms. The van der Waals surface area contributed by atoms with Crippen LogP contribution in [0.1, 0.15) is 19.3 Å². The van der Waals surface area contributed by atoms with E-state index in [4.69, 9.17) is 10.8 Å². The van der Waals surface area contributed by atoms with Gasteiger partial charge >= 0.3 is 5.97 Å². The summed E-state index contributed by atoms with van der Waals surface area (Å²) in [7, 11) is 1.76. The Labute approximate surface area is 105 Å². The van der Waals surface area contributed by atoms with Gasteiger partial charge in [0, 0.05) is 18.5 Å². The fourth-order valence-electron chi connectivity index (χ4n) is 1.56. The highest BCUT2D eigenvalue weighted by Gasteiger charge is 2.17. The molecule has 0 saturated carbocycles. The average Bonchev–Trinajstić information content (AvgIpc) is 2.80. The summed E-state index contributed by atoms with van der Waals surface area (Å²) in [6.07, 6.45) is 5.15. The highest BCUT2D eigenvalue weighted by Crippen LogP contribution is 2.20. The molecule has 0 spiro atoms. The molecule has 5 nitrogen and oxygen atoms in total. The van der Waals surface area contributed by atoms with Gasteiger partial charge in [-0.05, 0) is 19.3 Å². The number of carboxylic acid groups (broad SMARTS) is 1. The Balaban J connectivity index is 2.27. The van der Waals surface area contributed by atoms with Gasteiger partial charge in [-0.2, -0.15) is 0 Å². The minimum Gasteiger partial charge on any atom is -0.480 e. The third kappa shape index (κ3) is 4.40. The third-order valence-corrected chi connectivity index (χ3v) is 3.71. The van der Waals surface area contributed by atoms with Crippen molar-refractivity contribution in [1.82, 2.24) is 4.90 Å². The van der Waals surface area contributed by atoms with Gasteiger partial charge in [-0.15, -0.1) is 11.8 Å². The number of nitrogens with zero attached hydrogens (tertiary/aromatic N) is 1. The van der Waals surface area contributed by atoms with Crippen LogP contribution >= 0.6 is 11.8 Å². The molecule has 0 aromatic rings. The highest BCUT2D eigenvalue weighted by atomic mass is 32.2. The average molecular weight is 258 g/mol. The van der Waals surface area contributed by atoms with Gasteiger partial charge in [0.15, 0.2) is 0 Å². The number of carboxylic acids is 1. The number of thioether (sulfide) groups is 1. The van der Waals surface area contributed by atoms with Crippen LogP contribution < -0.4 is 5.73 Å². The van der Waals surface area contributed by atoms with E-state index >= 15 is 0 Å². The van der Waals surface area contributed by atoms with Crippen molar-refractivity contribution in [2.24, 2.45) is 5.73 Å². The molecule has 0 aromatic heterocycles. The summed E-state index contributed by atoms with van der Waals surface area (Å²) in [6.45, 7) is 0. The Morgan fingerprint density at radius 2 is 2.35 bits per heavy atom. The van der Waals surface area contributed by atoms with Gasteiger partial charge in [-0.1, -0.05) is 6.08 Å². The minimum atomic E-state index is -1.03. The molecule has 0 unspecified atom stereocenters. The van der Waals surface area contributed by atoms with Gasteiger partial charge in [0.25, 0.3) is 0 Å². The number of aliphatic carboxylic acids is 1. The summed E-state index contributed by atoms with van der Waals surface area (Å²) >= 11 is 1.26. The standard InChI is InChI=1S/C11H18N2O3S/c1-13(8-4-2-3-5-8)10(14)7-17-6-9(12)11(15)16/h4,9H,2-3,5-7,12H2,1H3,(H,15,16)/t9-/m0/s1. The van der Waals surface area contributed by atoms with E-state index in [1.54, 1.807) is 11.9 Å². The largest absolute Gasteiger partial charge is 0.480 e. The summed E-state index contributed by atoms with van der Waals surface area (Å²) in [5, 5.41) is 8.59. The second-order valence-electron chi connectivity index (χ2n) is 4.00. The van der Waals surface area contributed by atoms with Crippen molar-refractivity contribution in [1.29, 1.82) is 0 Å². The Bertz CT molecular complexity index is 331. The molecule has 96 valence electrons. The van der Waals surface area contributed by atoms with Crippen LogP contribution in [0.15, 0.2) is 11.8 Å². The van der Waals surface area contributed by atoms with Crippen molar-refractivity contribution in [3.63, 3.8) is 0 Å². The van der Waals surface area contributed by atoms with Gasteiger partial charge in [0.1, 0.15) is 6.04 Å². The SMILES string of the molecule is CN(C(=O)CSC[C@H](N)C(=O)O)C1=CCCC1. The van der Waals surface area contributed by atoms with Crippen molar-refractivity contribution < 1.29 is 14.7 Å². The van der Waals surface area contributed by atoms with Crippen LogP contribution in [-0.2, 0) is 9.59 Å². The maximum atomic E-state index is 11.8. The van der Waals surface area contributed by atoms with Crippen molar-refractivity contribution in [3.05, 3.63) is 11.8 Å². The van der Waals surface area contributed by atoms with Crippen molar-refractivity contribution >= 4 is 23.6 Å². The first-order valence-corrected chi connectivity index (χ1v) is 6.69. The lowest BCUT2D eigenvalue weighted by Gasteiger charge is -2.18. The number of nitrogens with two attached hydrogens (primary N) is 1. The van der Waals surface area contributed by atoms with Crippen LogP contribution in [0, 0.1) is 0 Å². The second kappa shape index (κ2) is 6.66. The van der Waals surface area contributed by atoms with E-state index in [0.29, 0.717) is 0 Å². The molecule has 1 amide bonds. The molecule has 1 aliphatic rings. The van der Waals surface area contributed by atoms with Gasteiger partial charge in [-0.25, -0.2) is 0 Å². The Hall–Kier alpha value is -1.01. The number of carbonyl (C=O) groups excluding carboxylic acids is 1. The smallest absolute Gasteiger partial charge is 0.321 e. The van der Waals surface area contributed by atoms with Crippen LogP contribution in [0.25, 0.3) is 0 Å².